The lowest BCUT2D eigenvalue weighted by molar-refractivity contribution is -0.000310. The van der Waals surface area contributed by atoms with Crippen LogP contribution in [0.2, 0.25) is 0 Å². The van der Waals surface area contributed by atoms with Gasteiger partial charge in [0.05, 0.1) is 6.10 Å². The van der Waals surface area contributed by atoms with Crippen molar-refractivity contribution in [2.45, 2.75) is 57.6 Å². The van der Waals surface area contributed by atoms with E-state index in [0.717, 1.165) is 24.9 Å². The molecule has 14 heavy (non-hydrogen) atoms. The van der Waals surface area contributed by atoms with Crippen LogP contribution in [-0.2, 0) is 4.74 Å². The van der Waals surface area contributed by atoms with E-state index in [1.165, 1.54) is 32.1 Å². The van der Waals surface area contributed by atoms with Gasteiger partial charge in [0.15, 0.2) is 0 Å². The van der Waals surface area contributed by atoms with Gasteiger partial charge in [0.2, 0.25) is 0 Å². The molecule has 2 aliphatic carbocycles. The third-order valence-corrected chi connectivity index (χ3v) is 3.66. The van der Waals surface area contributed by atoms with Crippen molar-refractivity contribution in [3.8, 4) is 0 Å². The molecule has 0 radical (unpaired) electrons. The third kappa shape index (κ3) is 2.96. The fraction of sp³-hybridized carbons (Fsp3) is 1.00. The van der Waals surface area contributed by atoms with E-state index in [9.17, 15) is 0 Å². The molecule has 0 aromatic rings. The number of ether oxygens (including phenoxy) is 1. The van der Waals surface area contributed by atoms with Gasteiger partial charge < -0.3 is 10.5 Å². The maximum atomic E-state index is 6.05. The van der Waals surface area contributed by atoms with E-state index in [-0.39, 0.29) is 0 Å². The summed E-state index contributed by atoms with van der Waals surface area (Å²) < 4.78 is 5.89. The Morgan fingerprint density at radius 2 is 2.00 bits per heavy atom. The van der Waals surface area contributed by atoms with Crippen LogP contribution in [-0.4, -0.2) is 18.8 Å². The van der Waals surface area contributed by atoms with Gasteiger partial charge >= 0.3 is 0 Å². The lowest BCUT2D eigenvalue weighted by Crippen LogP contribution is -2.41. The third-order valence-electron chi connectivity index (χ3n) is 3.66. The summed E-state index contributed by atoms with van der Waals surface area (Å²) in [7, 11) is 0. The highest BCUT2D eigenvalue weighted by Crippen LogP contribution is 2.33. The summed E-state index contributed by atoms with van der Waals surface area (Å²) in [6.07, 6.45) is 8.06. The van der Waals surface area contributed by atoms with Crippen molar-refractivity contribution >= 4 is 0 Å². The summed E-state index contributed by atoms with van der Waals surface area (Å²) in [5, 5.41) is 0. The first-order valence-corrected chi connectivity index (χ1v) is 6.13. The molecule has 2 fully saturated rings. The highest BCUT2D eigenvalue weighted by molar-refractivity contribution is 4.82. The summed E-state index contributed by atoms with van der Waals surface area (Å²) in [6, 6.07) is 0.297. The van der Waals surface area contributed by atoms with E-state index in [2.05, 4.69) is 6.92 Å². The largest absolute Gasteiger partial charge is 0.377 e. The Labute approximate surface area is 87.2 Å². The number of nitrogens with two attached hydrogens (primary N) is 1. The maximum Gasteiger partial charge on any atom is 0.0728 e. The van der Waals surface area contributed by atoms with Gasteiger partial charge in [0, 0.05) is 12.6 Å². The minimum absolute atomic E-state index is 0.297. The zero-order chi connectivity index (χ0) is 9.97. The average Bonchev–Trinajstić information content (AvgIpc) is 2.95. The molecular weight excluding hydrogens is 174 g/mol. The second-order valence-corrected chi connectivity index (χ2v) is 5.22. The molecule has 2 aliphatic rings. The number of rotatable bonds is 4. The van der Waals surface area contributed by atoms with Gasteiger partial charge in [-0.25, -0.2) is 0 Å². The summed E-state index contributed by atoms with van der Waals surface area (Å²) in [4.78, 5) is 0. The van der Waals surface area contributed by atoms with E-state index < -0.39 is 0 Å². The highest BCUT2D eigenvalue weighted by Gasteiger charge is 2.27. The number of hydrogen-bond donors (Lipinski definition) is 1. The van der Waals surface area contributed by atoms with Crippen LogP contribution in [0.3, 0.4) is 0 Å². The van der Waals surface area contributed by atoms with Crippen molar-refractivity contribution in [3.63, 3.8) is 0 Å². The van der Waals surface area contributed by atoms with Gasteiger partial charge in [-0.1, -0.05) is 19.8 Å². The Morgan fingerprint density at radius 3 is 2.71 bits per heavy atom. The zero-order valence-corrected chi connectivity index (χ0v) is 9.24. The second kappa shape index (κ2) is 4.63. The minimum atomic E-state index is 0.297. The Bertz CT molecular complexity index is 179. The first kappa shape index (κ1) is 10.4. The normalized spacial score (nSPS) is 38.6. The minimum Gasteiger partial charge on any atom is -0.377 e. The van der Waals surface area contributed by atoms with E-state index in [0.29, 0.717) is 12.1 Å². The standard InChI is InChI=1S/C12H23NO/c1-9-2-5-11(13)12(8-9)14-7-6-10-3-4-10/h9-12H,2-8,13H2,1H3. The van der Waals surface area contributed by atoms with Gasteiger partial charge in [-0.2, -0.15) is 0 Å². The predicted molar refractivity (Wildman–Crippen MR) is 58.1 cm³/mol. The van der Waals surface area contributed by atoms with Crippen molar-refractivity contribution in [3.05, 3.63) is 0 Å². The molecule has 2 rings (SSSR count). The molecule has 2 heteroatoms. The van der Waals surface area contributed by atoms with Crippen LogP contribution in [0.15, 0.2) is 0 Å². The molecule has 0 amide bonds. The Balaban J connectivity index is 1.65. The Morgan fingerprint density at radius 1 is 1.21 bits per heavy atom. The van der Waals surface area contributed by atoms with Crippen LogP contribution in [0.25, 0.3) is 0 Å². The molecule has 2 saturated carbocycles. The highest BCUT2D eigenvalue weighted by atomic mass is 16.5. The van der Waals surface area contributed by atoms with E-state index >= 15 is 0 Å². The quantitative estimate of drug-likeness (QED) is 0.750. The van der Waals surface area contributed by atoms with E-state index in [1.54, 1.807) is 0 Å². The van der Waals surface area contributed by atoms with Gasteiger partial charge in [-0.15, -0.1) is 0 Å². The maximum absolute atomic E-state index is 6.05. The summed E-state index contributed by atoms with van der Waals surface area (Å²) in [5.41, 5.74) is 6.05. The van der Waals surface area contributed by atoms with Gasteiger partial charge in [-0.3, -0.25) is 0 Å². The Hall–Kier alpha value is -0.0800. The van der Waals surface area contributed by atoms with Crippen LogP contribution in [0.5, 0.6) is 0 Å². The van der Waals surface area contributed by atoms with Crippen LogP contribution in [0, 0.1) is 11.8 Å². The van der Waals surface area contributed by atoms with Crippen molar-refractivity contribution in [1.82, 2.24) is 0 Å². The molecule has 3 unspecified atom stereocenters. The van der Waals surface area contributed by atoms with Crippen molar-refractivity contribution < 1.29 is 4.74 Å². The van der Waals surface area contributed by atoms with Crippen LogP contribution >= 0.6 is 0 Å². The van der Waals surface area contributed by atoms with Crippen molar-refractivity contribution in [1.29, 1.82) is 0 Å². The second-order valence-electron chi connectivity index (χ2n) is 5.22. The SMILES string of the molecule is CC1CCC(N)C(OCCC2CC2)C1. The van der Waals surface area contributed by atoms with E-state index in [4.69, 9.17) is 10.5 Å². The van der Waals surface area contributed by atoms with Gasteiger partial charge in [0.1, 0.15) is 0 Å². The average molecular weight is 197 g/mol. The molecule has 82 valence electrons. The molecule has 3 atom stereocenters. The van der Waals surface area contributed by atoms with Crippen molar-refractivity contribution in [2.75, 3.05) is 6.61 Å². The molecule has 0 aromatic carbocycles. The van der Waals surface area contributed by atoms with Gasteiger partial charge in [0.25, 0.3) is 0 Å². The monoisotopic (exact) mass is 197 g/mol. The van der Waals surface area contributed by atoms with E-state index in [1.807, 2.05) is 0 Å². The van der Waals surface area contributed by atoms with Crippen LogP contribution in [0.4, 0.5) is 0 Å². The summed E-state index contributed by atoms with van der Waals surface area (Å²) in [6.45, 7) is 3.25. The Kier molecular flexibility index (Phi) is 3.45. The summed E-state index contributed by atoms with van der Waals surface area (Å²) in [5.74, 6) is 1.79. The topological polar surface area (TPSA) is 35.2 Å². The first-order valence-electron chi connectivity index (χ1n) is 6.13. The molecule has 0 bridgehead atoms. The van der Waals surface area contributed by atoms with Gasteiger partial charge in [-0.05, 0) is 37.5 Å². The lowest BCUT2D eigenvalue weighted by Gasteiger charge is -2.32. The molecule has 0 aromatic heterocycles. The summed E-state index contributed by atoms with van der Waals surface area (Å²) >= 11 is 0. The lowest BCUT2D eigenvalue weighted by atomic mass is 9.85. The smallest absolute Gasteiger partial charge is 0.0728 e. The molecule has 0 heterocycles. The fourth-order valence-corrected chi connectivity index (χ4v) is 2.34. The molecular formula is C12H23NO. The molecule has 0 spiro atoms. The molecule has 0 aliphatic heterocycles. The van der Waals surface area contributed by atoms with Crippen LogP contribution in [0.1, 0.15) is 45.4 Å². The fourth-order valence-electron chi connectivity index (χ4n) is 2.34. The molecule has 0 saturated heterocycles. The van der Waals surface area contributed by atoms with Crippen molar-refractivity contribution in [2.24, 2.45) is 17.6 Å². The number of hydrogen-bond acceptors (Lipinski definition) is 2. The molecule has 2 nitrogen and oxygen atoms in total. The first-order chi connectivity index (χ1) is 6.75. The predicted octanol–water partition coefficient (Wildman–Crippen LogP) is 2.32. The zero-order valence-electron chi connectivity index (χ0n) is 9.24. The molecule has 2 N–H and O–H groups in total. The van der Waals surface area contributed by atoms with Crippen LogP contribution < -0.4 is 5.73 Å².